The van der Waals surface area contributed by atoms with E-state index in [0.717, 1.165) is 50.4 Å². The van der Waals surface area contributed by atoms with E-state index in [1.807, 2.05) is 17.2 Å². The summed E-state index contributed by atoms with van der Waals surface area (Å²) in [5, 5.41) is 0. The van der Waals surface area contributed by atoms with Crippen molar-refractivity contribution < 1.29 is 9.53 Å². The molecule has 1 unspecified atom stereocenters. The minimum atomic E-state index is 0.273. The van der Waals surface area contributed by atoms with Gasteiger partial charge in [-0.25, -0.2) is 4.98 Å². The fraction of sp³-hybridized carbons (Fsp3) is 0.524. The number of aromatic nitrogens is 2. The first kappa shape index (κ1) is 18.6. The molecule has 1 aliphatic rings. The van der Waals surface area contributed by atoms with Gasteiger partial charge in [-0.1, -0.05) is 30.3 Å². The van der Waals surface area contributed by atoms with Crippen LogP contribution in [0.25, 0.3) is 0 Å². The van der Waals surface area contributed by atoms with Crippen LogP contribution in [0.3, 0.4) is 0 Å². The normalized spacial score (nSPS) is 17.0. The Morgan fingerprint density at radius 2 is 2.12 bits per heavy atom. The van der Waals surface area contributed by atoms with Crippen LogP contribution in [0.2, 0.25) is 0 Å². The number of carbonyl (C=O) groups is 1. The van der Waals surface area contributed by atoms with Gasteiger partial charge in [-0.05, 0) is 31.7 Å². The van der Waals surface area contributed by atoms with Gasteiger partial charge in [0.2, 0.25) is 5.91 Å². The summed E-state index contributed by atoms with van der Waals surface area (Å²) in [7, 11) is 1.72. The number of rotatable bonds is 8. The third kappa shape index (κ3) is 4.52. The summed E-state index contributed by atoms with van der Waals surface area (Å²) in [6.07, 6.45) is 5.41. The average Bonchev–Trinajstić information content (AvgIpc) is 3.27. The zero-order valence-corrected chi connectivity index (χ0v) is 15.9. The largest absolute Gasteiger partial charge is 0.383 e. The molecule has 1 aromatic heterocycles. The van der Waals surface area contributed by atoms with E-state index in [1.165, 1.54) is 5.56 Å². The van der Waals surface area contributed by atoms with E-state index in [4.69, 9.17) is 4.74 Å². The Morgan fingerprint density at radius 1 is 1.31 bits per heavy atom. The van der Waals surface area contributed by atoms with Gasteiger partial charge >= 0.3 is 0 Å². The highest BCUT2D eigenvalue weighted by atomic mass is 16.5. The molecule has 1 saturated heterocycles. The van der Waals surface area contributed by atoms with E-state index in [-0.39, 0.29) is 5.91 Å². The average molecular weight is 355 g/mol. The van der Waals surface area contributed by atoms with Gasteiger partial charge < -0.3 is 14.2 Å². The van der Waals surface area contributed by atoms with Gasteiger partial charge in [0.15, 0.2) is 0 Å². The monoisotopic (exact) mass is 355 g/mol. The van der Waals surface area contributed by atoms with Crippen molar-refractivity contribution in [2.24, 2.45) is 0 Å². The van der Waals surface area contributed by atoms with Gasteiger partial charge in [-0.3, -0.25) is 4.79 Å². The van der Waals surface area contributed by atoms with Gasteiger partial charge in [-0.2, -0.15) is 0 Å². The van der Waals surface area contributed by atoms with Gasteiger partial charge in [0.25, 0.3) is 0 Å². The van der Waals surface area contributed by atoms with Gasteiger partial charge in [0, 0.05) is 51.0 Å². The lowest BCUT2D eigenvalue weighted by molar-refractivity contribution is -0.130. The molecule has 140 valence electrons. The van der Waals surface area contributed by atoms with Crippen molar-refractivity contribution in [2.45, 2.75) is 45.1 Å². The maximum atomic E-state index is 12.6. The molecule has 1 fully saturated rings. The van der Waals surface area contributed by atoms with E-state index in [1.54, 1.807) is 7.11 Å². The van der Waals surface area contributed by atoms with E-state index in [9.17, 15) is 4.79 Å². The quantitative estimate of drug-likeness (QED) is 0.731. The number of likely N-dealkylation sites (tertiary alicyclic amines) is 1. The summed E-state index contributed by atoms with van der Waals surface area (Å²) in [4.78, 5) is 19.2. The lowest BCUT2D eigenvalue weighted by Crippen LogP contribution is -2.28. The first-order valence-corrected chi connectivity index (χ1v) is 9.51. The predicted molar refractivity (Wildman–Crippen MR) is 102 cm³/mol. The van der Waals surface area contributed by atoms with Crippen LogP contribution in [0.5, 0.6) is 0 Å². The number of carbonyl (C=O) groups excluding carboxylic acids is 1. The molecule has 0 N–H and O–H groups in total. The number of amides is 1. The number of nitrogens with zero attached hydrogens (tertiary/aromatic N) is 3. The van der Waals surface area contributed by atoms with E-state index in [0.29, 0.717) is 18.9 Å². The first-order valence-electron chi connectivity index (χ1n) is 9.51. The maximum Gasteiger partial charge on any atom is 0.222 e. The number of hydrogen-bond donors (Lipinski definition) is 0. The fourth-order valence-electron chi connectivity index (χ4n) is 3.72. The molecule has 2 aromatic rings. The molecule has 0 spiro atoms. The molecular formula is C21H29N3O2. The fourth-order valence-corrected chi connectivity index (χ4v) is 3.72. The highest BCUT2D eigenvalue weighted by molar-refractivity contribution is 5.76. The van der Waals surface area contributed by atoms with Crippen LogP contribution in [0, 0.1) is 6.92 Å². The second kappa shape index (κ2) is 8.99. The molecule has 5 nitrogen and oxygen atoms in total. The molecule has 1 aliphatic heterocycles. The Labute approximate surface area is 156 Å². The number of hydrogen-bond acceptors (Lipinski definition) is 3. The molecular weight excluding hydrogens is 326 g/mol. The summed E-state index contributed by atoms with van der Waals surface area (Å²) < 4.78 is 7.45. The molecule has 0 aliphatic carbocycles. The van der Waals surface area contributed by atoms with Crippen LogP contribution < -0.4 is 0 Å². The smallest absolute Gasteiger partial charge is 0.222 e. The Bertz CT molecular complexity index is 711. The molecule has 0 saturated carbocycles. The van der Waals surface area contributed by atoms with Gasteiger partial charge in [-0.15, -0.1) is 0 Å². The number of methoxy groups -OCH3 is 1. The van der Waals surface area contributed by atoms with Crippen LogP contribution in [-0.2, 0) is 22.5 Å². The lowest BCUT2D eigenvalue weighted by Gasteiger charge is -2.17. The number of imidazole rings is 1. The highest BCUT2D eigenvalue weighted by Crippen LogP contribution is 2.27. The van der Waals surface area contributed by atoms with E-state index < -0.39 is 0 Å². The highest BCUT2D eigenvalue weighted by Gasteiger charge is 2.30. The van der Waals surface area contributed by atoms with Crippen molar-refractivity contribution in [2.75, 3.05) is 26.8 Å². The summed E-state index contributed by atoms with van der Waals surface area (Å²) in [5.41, 5.74) is 2.46. The number of aryl methyl sites for hydroxylation is 2. The number of benzene rings is 1. The molecule has 1 amide bonds. The van der Waals surface area contributed by atoms with Crippen molar-refractivity contribution in [3.63, 3.8) is 0 Å². The van der Waals surface area contributed by atoms with Crippen molar-refractivity contribution in [3.05, 3.63) is 53.6 Å². The van der Waals surface area contributed by atoms with Crippen LogP contribution in [-0.4, -0.2) is 47.2 Å². The molecule has 5 heteroatoms. The number of ether oxygens (including phenoxy) is 1. The summed E-state index contributed by atoms with van der Waals surface area (Å²) in [6, 6.07) is 10.4. The topological polar surface area (TPSA) is 47.4 Å². The van der Waals surface area contributed by atoms with Crippen molar-refractivity contribution >= 4 is 5.91 Å². The standard InChI is InChI=1S/C21H29N3O2/c1-17-15-22-21(24(17)13-14-26-2)19-11-12-23(16-19)20(25)10-6-9-18-7-4-3-5-8-18/h3-5,7-8,15,19H,6,9-14,16H2,1-2H3. The Hall–Kier alpha value is -2.14. The van der Waals surface area contributed by atoms with Crippen molar-refractivity contribution in [3.8, 4) is 0 Å². The van der Waals surface area contributed by atoms with Gasteiger partial charge in [0.05, 0.1) is 6.61 Å². The Balaban J connectivity index is 1.51. The SMILES string of the molecule is COCCn1c(C)cnc1C1CCN(C(=O)CCCc2ccccc2)C1. The van der Waals surface area contributed by atoms with Crippen LogP contribution in [0.1, 0.15) is 42.3 Å². The Morgan fingerprint density at radius 3 is 2.88 bits per heavy atom. The third-order valence-corrected chi connectivity index (χ3v) is 5.21. The lowest BCUT2D eigenvalue weighted by atomic mass is 10.1. The van der Waals surface area contributed by atoms with E-state index >= 15 is 0 Å². The zero-order valence-electron chi connectivity index (χ0n) is 15.9. The van der Waals surface area contributed by atoms with Crippen molar-refractivity contribution in [1.82, 2.24) is 14.5 Å². The van der Waals surface area contributed by atoms with Crippen LogP contribution in [0.15, 0.2) is 36.5 Å². The van der Waals surface area contributed by atoms with Crippen LogP contribution >= 0.6 is 0 Å². The Kier molecular flexibility index (Phi) is 6.45. The van der Waals surface area contributed by atoms with Crippen molar-refractivity contribution in [1.29, 1.82) is 0 Å². The van der Waals surface area contributed by atoms with Crippen LogP contribution in [0.4, 0.5) is 0 Å². The van der Waals surface area contributed by atoms with E-state index in [2.05, 4.69) is 40.7 Å². The second-order valence-electron chi connectivity index (χ2n) is 7.07. The summed E-state index contributed by atoms with van der Waals surface area (Å²) in [6.45, 7) is 5.20. The summed E-state index contributed by atoms with van der Waals surface area (Å²) >= 11 is 0. The second-order valence-corrected chi connectivity index (χ2v) is 7.07. The molecule has 1 atom stereocenters. The molecule has 2 heterocycles. The molecule has 0 bridgehead atoms. The summed E-state index contributed by atoms with van der Waals surface area (Å²) in [5.74, 6) is 1.70. The zero-order chi connectivity index (χ0) is 18.4. The first-order chi connectivity index (χ1) is 12.7. The maximum absolute atomic E-state index is 12.6. The molecule has 3 rings (SSSR count). The minimum absolute atomic E-state index is 0.273. The third-order valence-electron chi connectivity index (χ3n) is 5.21. The molecule has 0 radical (unpaired) electrons. The molecule has 26 heavy (non-hydrogen) atoms. The molecule has 1 aromatic carbocycles. The minimum Gasteiger partial charge on any atom is -0.383 e. The predicted octanol–water partition coefficient (Wildman–Crippen LogP) is 3.18. The van der Waals surface area contributed by atoms with Gasteiger partial charge in [0.1, 0.15) is 5.82 Å².